The van der Waals surface area contributed by atoms with E-state index in [1.165, 1.54) is 99.8 Å². The maximum atomic E-state index is 3.67. The van der Waals surface area contributed by atoms with E-state index in [1.54, 1.807) is 0 Å². The van der Waals surface area contributed by atoms with E-state index < -0.39 is 0 Å². The van der Waals surface area contributed by atoms with Gasteiger partial charge in [-0.05, 0) is 28.4 Å². The fourth-order valence-electron chi connectivity index (χ4n) is 6.40. The second-order valence-electron chi connectivity index (χ2n) is 15.9. The SMILES string of the molecule is CC(C)(C)c1[c-]c2c(cc1)-c1ccc(C(C)(C)C)cc1C2.CC1=[C-]C(C)C=C1c1ccccc1.Cc1ccc([C](=[Zr+2])c2ccc(C)cc2)cc1. The van der Waals surface area contributed by atoms with Crippen molar-refractivity contribution in [2.24, 2.45) is 5.92 Å². The molecular weight excluding hydrogens is 680 g/mol. The Bertz CT molecular complexity index is 1900. The average molecular weight is 732 g/mol. The van der Waals surface area contributed by atoms with Crippen molar-refractivity contribution in [1.82, 2.24) is 0 Å². The molecule has 0 saturated heterocycles. The number of benzene rings is 5. The van der Waals surface area contributed by atoms with Crippen molar-refractivity contribution in [2.75, 3.05) is 0 Å². The van der Waals surface area contributed by atoms with Crippen LogP contribution in [-0.2, 0) is 41.5 Å². The Morgan fingerprint density at radius 3 is 1.72 bits per heavy atom. The summed E-state index contributed by atoms with van der Waals surface area (Å²) in [5, 5.41) is 0. The third-order valence-electron chi connectivity index (χ3n) is 9.49. The summed E-state index contributed by atoms with van der Waals surface area (Å²) in [6.07, 6.45) is 6.68. The summed E-state index contributed by atoms with van der Waals surface area (Å²) in [5.74, 6) is 0.468. The molecule has 2 aliphatic rings. The second kappa shape index (κ2) is 15.7. The number of rotatable bonds is 3. The minimum absolute atomic E-state index is 0.167. The molecule has 0 fully saturated rings. The Morgan fingerprint density at radius 2 is 1.22 bits per heavy atom. The minimum atomic E-state index is 0.167. The fourth-order valence-corrected chi connectivity index (χ4v) is 7.22. The Morgan fingerprint density at radius 1 is 0.660 bits per heavy atom. The van der Waals surface area contributed by atoms with Crippen LogP contribution in [0.25, 0.3) is 16.7 Å². The van der Waals surface area contributed by atoms with Gasteiger partial charge in [-0.15, -0.1) is 16.7 Å². The van der Waals surface area contributed by atoms with E-state index in [0.717, 1.165) is 6.42 Å². The van der Waals surface area contributed by atoms with E-state index in [4.69, 9.17) is 0 Å². The van der Waals surface area contributed by atoms with Crippen molar-refractivity contribution in [3.63, 3.8) is 0 Å². The number of allylic oxidation sites excluding steroid dienone is 4. The van der Waals surface area contributed by atoms with Gasteiger partial charge >= 0.3 is 112 Å². The molecule has 0 N–H and O–H groups in total. The summed E-state index contributed by atoms with van der Waals surface area (Å²) < 4.78 is 1.42. The summed E-state index contributed by atoms with van der Waals surface area (Å²) in [5.41, 5.74) is 17.9. The summed E-state index contributed by atoms with van der Waals surface area (Å²) in [6, 6.07) is 43.2. The van der Waals surface area contributed by atoms with Crippen molar-refractivity contribution < 1.29 is 24.2 Å². The van der Waals surface area contributed by atoms with Crippen molar-refractivity contribution in [1.29, 1.82) is 0 Å². The van der Waals surface area contributed by atoms with Gasteiger partial charge in [0.1, 0.15) is 0 Å². The first-order chi connectivity index (χ1) is 23.6. The molecule has 0 aromatic heterocycles. The molecule has 0 amide bonds. The van der Waals surface area contributed by atoms with Crippen LogP contribution in [0.15, 0.2) is 121 Å². The van der Waals surface area contributed by atoms with Gasteiger partial charge in [0.2, 0.25) is 0 Å². The standard InChI is InChI=1S/C21H25.C15H14.C13H13.Zr/c1-20(2,3)16-7-9-18-14(12-16)11-15-13-17(21(4,5)6)8-10-19(15)18;1-12-3-7-14(8-4-12)11-15-9-5-13(2)6-10-15;1-10-8-11(2)13(9-10)12-6-4-3-5-7-12;/h7-10,12H,11H2,1-6H3;3-10H,1-2H3;3-7,9-10H,1-2H3;/q-1;;-1;+2. The summed E-state index contributed by atoms with van der Waals surface area (Å²) in [7, 11) is 0. The second-order valence-corrected chi connectivity index (χ2v) is 17.2. The molecule has 5 aromatic rings. The molecule has 50 heavy (non-hydrogen) atoms. The Kier molecular flexibility index (Phi) is 11.8. The third kappa shape index (κ3) is 9.35. The predicted molar refractivity (Wildman–Crippen MR) is 213 cm³/mol. The molecular formula is C49H52Zr. The fraction of sp³-hybridized carbons (Fsp3) is 0.286. The molecule has 0 heterocycles. The van der Waals surface area contributed by atoms with Crippen LogP contribution in [0.1, 0.15) is 105 Å². The molecule has 7 rings (SSSR count). The van der Waals surface area contributed by atoms with E-state index >= 15 is 0 Å². The maximum absolute atomic E-state index is 3.67. The van der Waals surface area contributed by atoms with Crippen molar-refractivity contribution in [3.8, 4) is 11.1 Å². The molecule has 0 aliphatic heterocycles. The van der Waals surface area contributed by atoms with Gasteiger partial charge in [0.25, 0.3) is 0 Å². The number of hydrogen-bond acceptors (Lipinski definition) is 0. The van der Waals surface area contributed by atoms with Crippen LogP contribution in [0.3, 0.4) is 0 Å². The van der Waals surface area contributed by atoms with Crippen LogP contribution >= 0.6 is 0 Å². The molecule has 5 aromatic carbocycles. The zero-order chi connectivity index (χ0) is 36.2. The van der Waals surface area contributed by atoms with Crippen molar-refractivity contribution in [2.45, 2.75) is 86.5 Å². The Balaban J connectivity index is 0.000000150. The molecule has 2 aliphatic carbocycles. The van der Waals surface area contributed by atoms with E-state index in [9.17, 15) is 0 Å². The molecule has 1 unspecified atom stereocenters. The summed E-state index contributed by atoms with van der Waals surface area (Å²) in [6.45, 7) is 22.1. The van der Waals surface area contributed by atoms with Crippen LogP contribution in [0.4, 0.5) is 0 Å². The van der Waals surface area contributed by atoms with Crippen LogP contribution in [0.2, 0.25) is 0 Å². The molecule has 0 bridgehead atoms. The van der Waals surface area contributed by atoms with E-state index in [1.807, 2.05) is 6.07 Å². The molecule has 0 nitrogen and oxygen atoms in total. The molecule has 0 saturated carbocycles. The average Bonchev–Trinajstić information content (AvgIpc) is 3.63. The van der Waals surface area contributed by atoms with Gasteiger partial charge in [0.15, 0.2) is 0 Å². The quantitative estimate of drug-likeness (QED) is 0.159. The Hall–Kier alpha value is -3.67. The predicted octanol–water partition coefficient (Wildman–Crippen LogP) is 12.5. The van der Waals surface area contributed by atoms with Gasteiger partial charge in [-0.25, -0.2) is 5.57 Å². The van der Waals surface area contributed by atoms with Gasteiger partial charge in [0, 0.05) is 0 Å². The zero-order valence-corrected chi connectivity index (χ0v) is 34.2. The van der Waals surface area contributed by atoms with E-state index in [2.05, 4.69) is 191 Å². The van der Waals surface area contributed by atoms with Crippen LogP contribution in [0, 0.1) is 31.9 Å². The summed E-state index contributed by atoms with van der Waals surface area (Å²) in [4.78, 5) is 0. The van der Waals surface area contributed by atoms with Gasteiger partial charge in [0.05, 0.1) is 0 Å². The normalized spacial score (nSPS) is 14.7. The number of hydrogen-bond donors (Lipinski definition) is 0. The van der Waals surface area contributed by atoms with Crippen LogP contribution < -0.4 is 0 Å². The first-order valence-electron chi connectivity index (χ1n) is 17.9. The zero-order valence-electron chi connectivity index (χ0n) is 31.8. The third-order valence-corrected chi connectivity index (χ3v) is 10.9. The number of fused-ring (bicyclic) bond motifs is 3. The number of aryl methyl sites for hydroxylation is 2. The van der Waals surface area contributed by atoms with Gasteiger partial charge in [-0.1, -0.05) is 115 Å². The molecule has 0 radical (unpaired) electrons. The monoisotopic (exact) mass is 730 g/mol. The van der Waals surface area contributed by atoms with E-state index in [0.29, 0.717) is 5.92 Å². The topological polar surface area (TPSA) is 0 Å². The first kappa shape index (κ1) is 37.6. The molecule has 1 atom stereocenters. The molecule has 1 heteroatoms. The van der Waals surface area contributed by atoms with E-state index in [-0.39, 0.29) is 10.8 Å². The van der Waals surface area contributed by atoms with Crippen molar-refractivity contribution >= 4 is 8.78 Å². The summed E-state index contributed by atoms with van der Waals surface area (Å²) >= 11 is 1.46. The Labute approximate surface area is 317 Å². The molecule has 0 spiro atoms. The first-order valence-corrected chi connectivity index (χ1v) is 19.1. The van der Waals surface area contributed by atoms with Crippen molar-refractivity contribution in [3.05, 3.63) is 183 Å². The molecule has 252 valence electrons. The van der Waals surface area contributed by atoms with Gasteiger partial charge in [-0.3, -0.25) is 6.08 Å². The van der Waals surface area contributed by atoms with Gasteiger partial charge in [-0.2, -0.15) is 35.4 Å². The van der Waals surface area contributed by atoms with Gasteiger partial charge < -0.3 is 0 Å². The van der Waals surface area contributed by atoms with Crippen LogP contribution in [0.5, 0.6) is 0 Å². The van der Waals surface area contributed by atoms with Crippen LogP contribution in [-0.4, -0.2) is 3.21 Å².